The van der Waals surface area contributed by atoms with E-state index in [1.165, 1.54) is 0 Å². The van der Waals surface area contributed by atoms with E-state index in [2.05, 4.69) is 4.98 Å². The first-order valence-corrected chi connectivity index (χ1v) is 6.59. The van der Waals surface area contributed by atoms with Crippen molar-refractivity contribution >= 4 is 5.97 Å². The van der Waals surface area contributed by atoms with Crippen molar-refractivity contribution < 1.29 is 14.6 Å². The molecule has 1 aromatic heterocycles. The van der Waals surface area contributed by atoms with Crippen LogP contribution in [0.4, 0.5) is 0 Å². The van der Waals surface area contributed by atoms with Crippen molar-refractivity contribution in [3.8, 4) is 0 Å². The van der Waals surface area contributed by atoms with E-state index in [0.29, 0.717) is 5.69 Å². The molecule has 0 radical (unpaired) electrons. The normalized spacial score (nSPS) is 12.2. The SMILES string of the molecule is Cc1[nH]c(C(=O)OCc2ccccc2)c(C)c1[C@@H](C)O. The van der Waals surface area contributed by atoms with Gasteiger partial charge in [0.25, 0.3) is 0 Å². The maximum absolute atomic E-state index is 12.1. The zero-order chi connectivity index (χ0) is 14.7. The average Bonchev–Trinajstić information content (AvgIpc) is 2.72. The number of ether oxygens (including phenoxy) is 1. The van der Waals surface area contributed by atoms with Crippen LogP contribution in [0.5, 0.6) is 0 Å². The van der Waals surface area contributed by atoms with Gasteiger partial charge in [0.05, 0.1) is 6.10 Å². The number of nitrogens with one attached hydrogen (secondary N) is 1. The molecular formula is C16H19NO3. The van der Waals surface area contributed by atoms with Crippen molar-refractivity contribution in [2.24, 2.45) is 0 Å². The van der Waals surface area contributed by atoms with Gasteiger partial charge in [-0.3, -0.25) is 0 Å². The molecule has 0 saturated carbocycles. The van der Waals surface area contributed by atoms with Crippen LogP contribution in [0.15, 0.2) is 30.3 Å². The highest BCUT2D eigenvalue weighted by Gasteiger charge is 2.20. The first-order chi connectivity index (χ1) is 9.50. The van der Waals surface area contributed by atoms with Crippen LogP contribution in [0.3, 0.4) is 0 Å². The molecule has 0 saturated heterocycles. The standard InChI is InChI=1S/C16H19NO3/c1-10-14(12(3)18)11(2)17-15(10)16(19)20-9-13-7-5-4-6-8-13/h4-8,12,17-18H,9H2,1-3H3/t12-/m1/s1. The molecule has 0 bridgehead atoms. The molecule has 0 fully saturated rings. The molecule has 2 N–H and O–H groups in total. The van der Waals surface area contributed by atoms with Crippen LogP contribution in [0, 0.1) is 13.8 Å². The number of benzene rings is 1. The molecule has 106 valence electrons. The van der Waals surface area contributed by atoms with E-state index >= 15 is 0 Å². The van der Waals surface area contributed by atoms with Crippen molar-refractivity contribution in [2.45, 2.75) is 33.5 Å². The second-order valence-corrected chi connectivity index (χ2v) is 4.90. The average molecular weight is 273 g/mol. The van der Waals surface area contributed by atoms with Gasteiger partial charge < -0.3 is 14.8 Å². The fourth-order valence-electron chi connectivity index (χ4n) is 2.39. The zero-order valence-electron chi connectivity index (χ0n) is 11.9. The third kappa shape index (κ3) is 2.91. The minimum absolute atomic E-state index is 0.237. The van der Waals surface area contributed by atoms with E-state index in [1.807, 2.05) is 44.2 Å². The Morgan fingerprint density at radius 3 is 2.50 bits per heavy atom. The van der Waals surface area contributed by atoms with Crippen molar-refractivity contribution in [2.75, 3.05) is 0 Å². The Kier molecular flexibility index (Phi) is 4.25. The molecule has 2 rings (SSSR count). The molecule has 0 aliphatic heterocycles. The predicted molar refractivity (Wildman–Crippen MR) is 76.5 cm³/mol. The Labute approximate surface area is 118 Å². The van der Waals surface area contributed by atoms with E-state index in [0.717, 1.165) is 22.4 Å². The van der Waals surface area contributed by atoms with Gasteiger partial charge in [-0.05, 0) is 31.9 Å². The number of carbonyl (C=O) groups excluding carboxylic acids is 1. The topological polar surface area (TPSA) is 62.3 Å². The van der Waals surface area contributed by atoms with E-state index in [1.54, 1.807) is 6.92 Å². The van der Waals surface area contributed by atoms with Crippen LogP contribution in [0.2, 0.25) is 0 Å². The van der Waals surface area contributed by atoms with E-state index in [4.69, 9.17) is 4.74 Å². The number of aliphatic hydroxyl groups excluding tert-OH is 1. The number of aryl methyl sites for hydroxylation is 1. The lowest BCUT2D eigenvalue weighted by Crippen LogP contribution is -2.07. The summed E-state index contributed by atoms with van der Waals surface area (Å²) in [6.45, 7) is 5.57. The van der Waals surface area contributed by atoms with Crippen LogP contribution in [0.1, 0.15) is 45.9 Å². The number of rotatable bonds is 4. The highest BCUT2D eigenvalue weighted by Crippen LogP contribution is 2.25. The molecule has 1 aromatic carbocycles. The number of aromatic nitrogens is 1. The summed E-state index contributed by atoms with van der Waals surface area (Å²) in [4.78, 5) is 15.1. The number of aromatic amines is 1. The number of esters is 1. The first kappa shape index (κ1) is 14.3. The molecule has 4 heteroatoms. The number of hydrogen-bond donors (Lipinski definition) is 2. The van der Waals surface area contributed by atoms with Crippen molar-refractivity contribution in [1.82, 2.24) is 4.98 Å². The molecule has 0 aliphatic rings. The lowest BCUT2D eigenvalue weighted by atomic mass is 10.1. The largest absolute Gasteiger partial charge is 0.456 e. The maximum Gasteiger partial charge on any atom is 0.355 e. The Bertz CT molecular complexity index is 600. The second kappa shape index (κ2) is 5.92. The fourth-order valence-corrected chi connectivity index (χ4v) is 2.39. The molecule has 0 unspecified atom stereocenters. The molecule has 0 spiro atoms. The number of hydrogen-bond acceptors (Lipinski definition) is 3. The summed E-state index contributed by atoms with van der Waals surface area (Å²) in [6, 6.07) is 9.53. The van der Waals surface area contributed by atoms with Crippen LogP contribution >= 0.6 is 0 Å². The van der Waals surface area contributed by atoms with Gasteiger partial charge in [0, 0.05) is 11.3 Å². The number of aliphatic hydroxyl groups is 1. The number of carbonyl (C=O) groups is 1. The van der Waals surface area contributed by atoms with Crippen LogP contribution in [0.25, 0.3) is 0 Å². The molecular weight excluding hydrogens is 254 g/mol. The van der Waals surface area contributed by atoms with Gasteiger partial charge in [-0.2, -0.15) is 0 Å². The Morgan fingerprint density at radius 1 is 1.30 bits per heavy atom. The molecule has 0 amide bonds. The summed E-state index contributed by atoms with van der Waals surface area (Å²) in [7, 11) is 0. The maximum atomic E-state index is 12.1. The Balaban J connectivity index is 2.12. The highest BCUT2D eigenvalue weighted by atomic mass is 16.5. The fraction of sp³-hybridized carbons (Fsp3) is 0.312. The van der Waals surface area contributed by atoms with Crippen molar-refractivity contribution in [3.63, 3.8) is 0 Å². The zero-order valence-corrected chi connectivity index (χ0v) is 11.9. The Hall–Kier alpha value is -2.07. The van der Waals surface area contributed by atoms with Gasteiger partial charge in [-0.15, -0.1) is 0 Å². The third-order valence-electron chi connectivity index (χ3n) is 3.33. The van der Waals surface area contributed by atoms with Gasteiger partial charge in [-0.25, -0.2) is 4.79 Å². The van der Waals surface area contributed by atoms with Gasteiger partial charge in [0.15, 0.2) is 0 Å². The van der Waals surface area contributed by atoms with E-state index in [9.17, 15) is 9.90 Å². The third-order valence-corrected chi connectivity index (χ3v) is 3.33. The summed E-state index contributed by atoms with van der Waals surface area (Å²) >= 11 is 0. The summed E-state index contributed by atoms with van der Waals surface area (Å²) < 4.78 is 5.29. The van der Waals surface area contributed by atoms with Gasteiger partial charge in [0.2, 0.25) is 0 Å². The molecule has 2 aromatic rings. The van der Waals surface area contributed by atoms with Gasteiger partial charge in [0.1, 0.15) is 12.3 Å². The van der Waals surface area contributed by atoms with Crippen LogP contribution in [-0.4, -0.2) is 16.1 Å². The summed E-state index contributed by atoms with van der Waals surface area (Å²) in [5, 5.41) is 9.72. The first-order valence-electron chi connectivity index (χ1n) is 6.59. The lowest BCUT2D eigenvalue weighted by molar-refractivity contribution is 0.0465. The van der Waals surface area contributed by atoms with Gasteiger partial charge in [-0.1, -0.05) is 30.3 Å². The van der Waals surface area contributed by atoms with Crippen molar-refractivity contribution in [1.29, 1.82) is 0 Å². The molecule has 1 atom stereocenters. The smallest absolute Gasteiger partial charge is 0.355 e. The van der Waals surface area contributed by atoms with Crippen LogP contribution < -0.4 is 0 Å². The monoisotopic (exact) mass is 273 g/mol. The minimum atomic E-state index is -0.609. The predicted octanol–water partition coefficient (Wildman–Crippen LogP) is 3.04. The summed E-state index contributed by atoms with van der Waals surface area (Å²) in [6.07, 6.45) is -0.609. The summed E-state index contributed by atoms with van der Waals surface area (Å²) in [5.41, 5.74) is 3.66. The molecule has 20 heavy (non-hydrogen) atoms. The molecule has 1 heterocycles. The minimum Gasteiger partial charge on any atom is -0.456 e. The second-order valence-electron chi connectivity index (χ2n) is 4.90. The van der Waals surface area contributed by atoms with Crippen molar-refractivity contribution in [3.05, 3.63) is 58.4 Å². The molecule has 0 aliphatic carbocycles. The van der Waals surface area contributed by atoms with Gasteiger partial charge >= 0.3 is 5.97 Å². The van der Waals surface area contributed by atoms with E-state index in [-0.39, 0.29) is 6.61 Å². The molecule has 4 nitrogen and oxygen atoms in total. The summed E-state index contributed by atoms with van der Waals surface area (Å²) in [5.74, 6) is -0.402. The van der Waals surface area contributed by atoms with E-state index < -0.39 is 12.1 Å². The number of H-pyrrole nitrogens is 1. The Morgan fingerprint density at radius 2 is 1.95 bits per heavy atom. The quantitative estimate of drug-likeness (QED) is 0.842. The highest BCUT2D eigenvalue weighted by molar-refractivity contribution is 5.89. The lowest BCUT2D eigenvalue weighted by Gasteiger charge is -2.06. The van der Waals surface area contributed by atoms with Crippen LogP contribution in [-0.2, 0) is 11.3 Å².